The molecule has 0 unspecified atom stereocenters. The maximum Gasteiger partial charge on any atom is 0.0713 e. The van der Waals surface area contributed by atoms with E-state index in [1.54, 1.807) is 0 Å². The van der Waals surface area contributed by atoms with Crippen molar-refractivity contribution in [1.82, 2.24) is 5.32 Å². The molecular weight excluding hydrogens is 273 g/mol. The van der Waals surface area contributed by atoms with Crippen LogP contribution in [0.2, 0.25) is 0 Å². The second-order valence-corrected chi connectivity index (χ2v) is 5.59. The Hall–Kier alpha value is -0.0500. The number of rotatable bonds is 4. The van der Waals surface area contributed by atoms with Gasteiger partial charge in [0.05, 0.1) is 6.00 Å². The van der Waals surface area contributed by atoms with Crippen LogP contribution >= 0.6 is 27.5 Å². The van der Waals surface area contributed by atoms with Crippen LogP contribution in [0.4, 0.5) is 0 Å². The standard InChI is InChI=1S/C12H17BrClN/c1-9-4-5-10(13)6-11(9)12(2,3)7-15-8-14/h4-6,15H,7-8H2,1-3H3. The molecule has 0 bridgehead atoms. The first-order valence-electron chi connectivity index (χ1n) is 5.00. The van der Waals surface area contributed by atoms with Gasteiger partial charge >= 0.3 is 0 Å². The minimum absolute atomic E-state index is 0.1000. The van der Waals surface area contributed by atoms with Crippen molar-refractivity contribution < 1.29 is 0 Å². The lowest BCUT2D eigenvalue weighted by atomic mass is 9.82. The Labute approximate surface area is 105 Å². The fourth-order valence-corrected chi connectivity index (χ4v) is 2.23. The quantitative estimate of drug-likeness (QED) is 0.656. The van der Waals surface area contributed by atoms with E-state index in [4.69, 9.17) is 11.6 Å². The maximum atomic E-state index is 5.65. The molecule has 0 radical (unpaired) electrons. The molecule has 1 rings (SSSR count). The number of halogens is 2. The fraction of sp³-hybridized carbons (Fsp3) is 0.500. The molecule has 3 heteroatoms. The van der Waals surface area contributed by atoms with Gasteiger partial charge in [0, 0.05) is 16.4 Å². The van der Waals surface area contributed by atoms with Crippen LogP contribution in [-0.4, -0.2) is 12.5 Å². The maximum absolute atomic E-state index is 5.65. The van der Waals surface area contributed by atoms with Crippen molar-refractivity contribution in [2.24, 2.45) is 0 Å². The Kier molecular flexibility index (Phi) is 4.63. The van der Waals surface area contributed by atoms with E-state index in [-0.39, 0.29) is 5.41 Å². The summed E-state index contributed by atoms with van der Waals surface area (Å²) in [5.41, 5.74) is 2.78. The lowest BCUT2D eigenvalue weighted by Crippen LogP contribution is -2.32. The summed E-state index contributed by atoms with van der Waals surface area (Å²) in [6.45, 7) is 7.47. The number of aryl methyl sites for hydroxylation is 1. The zero-order valence-corrected chi connectivity index (χ0v) is 11.7. The van der Waals surface area contributed by atoms with Crippen LogP contribution < -0.4 is 5.32 Å². The van der Waals surface area contributed by atoms with Gasteiger partial charge in [-0.05, 0) is 30.2 Å². The van der Waals surface area contributed by atoms with E-state index >= 15 is 0 Å². The van der Waals surface area contributed by atoms with E-state index in [9.17, 15) is 0 Å². The van der Waals surface area contributed by atoms with E-state index < -0.39 is 0 Å². The second-order valence-electron chi connectivity index (χ2n) is 4.40. The summed E-state index contributed by atoms with van der Waals surface area (Å²) in [5, 5.41) is 3.18. The summed E-state index contributed by atoms with van der Waals surface area (Å²) in [6.07, 6.45) is 0. The van der Waals surface area contributed by atoms with Crippen LogP contribution in [0.1, 0.15) is 25.0 Å². The molecule has 0 fully saturated rings. The van der Waals surface area contributed by atoms with Crippen LogP contribution in [0.3, 0.4) is 0 Å². The topological polar surface area (TPSA) is 12.0 Å². The smallest absolute Gasteiger partial charge is 0.0713 e. The summed E-state index contributed by atoms with van der Waals surface area (Å²) in [6, 6.07) is 6.90. The van der Waals surface area contributed by atoms with E-state index in [1.165, 1.54) is 11.1 Å². The van der Waals surface area contributed by atoms with E-state index in [0.717, 1.165) is 11.0 Å². The Morgan fingerprint density at radius 3 is 2.67 bits per heavy atom. The normalized spacial score (nSPS) is 11.8. The van der Waals surface area contributed by atoms with Crippen LogP contribution in [0, 0.1) is 6.92 Å². The molecule has 0 atom stereocenters. The largest absolute Gasteiger partial charge is 0.303 e. The minimum Gasteiger partial charge on any atom is -0.303 e. The monoisotopic (exact) mass is 289 g/mol. The molecule has 1 N–H and O–H groups in total. The molecule has 0 amide bonds. The Morgan fingerprint density at radius 2 is 2.07 bits per heavy atom. The van der Waals surface area contributed by atoms with Crippen LogP contribution in [0.5, 0.6) is 0 Å². The average Bonchev–Trinajstić information content (AvgIpc) is 2.18. The highest BCUT2D eigenvalue weighted by Gasteiger charge is 2.21. The molecule has 1 aromatic carbocycles. The molecule has 0 aliphatic heterocycles. The molecule has 1 nitrogen and oxygen atoms in total. The summed E-state index contributed by atoms with van der Waals surface area (Å²) in [4.78, 5) is 0. The lowest BCUT2D eigenvalue weighted by Gasteiger charge is -2.27. The van der Waals surface area contributed by atoms with E-state index in [2.05, 4.69) is 60.2 Å². The van der Waals surface area contributed by atoms with Crippen LogP contribution in [0.15, 0.2) is 22.7 Å². The molecule has 0 saturated carbocycles. The molecule has 1 aromatic rings. The third-order valence-electron chi connectivity index (χ3n) is 2.59. The van der Waals surface area contributed by atoms with Crippen molar-refractivity contribution in [1.29, 1.82) is 0 Å². The van der Waals surface area contributed by atoms with Crippen LogP contribution in [0.25, 0.3) is 0 Å². The number of hydrogen-bond donors (Lipinski definition) is 1. The van der Waals surface area contributed by atoms with Gasteiger partial charge in [0.15, 0.2) is 0 Å². The molecule has 0 spiro atoms. The number of hydrogen-bond acceptors (Lipinski definition) is 1. The molecule has 0 aliphatic rings. The molecule has 0 saturated heterocycles. The van der Waals surface area contributed by atoms with Crippen molar-refractivity contribution >= 4 is 27.5 Å². The number of benzene rings is 1. The molecule has 0 aliphatic carbocycles. The predicted octanol–water partition coefficient (Wildman–Crippen LogP) is 3.82. The van der Waals surface area contributed by atoms with Gasteiger partial charge in [-0.3, -0.25) is 0 Å². The van der Waals surface area contributed by atoms with E-state index in [0.29, 0.717) is 6.00 Å². The first-order valence-corrected chi connectivity index (χ1v) is 6.33. The van der Waals surface area contributed by atoms with Crippen molar-refractivity contribution in [2.45, 2.75) is 26.2 Å². The van der Waals surface area contributed by atoms with Crippen molar-refractivity contribution in [3.8, 4) is 0 Å². The van der Waals surface area contributed by atoms with Crippen molar-refractivity contribution in [3.63, 3.8) is 0 Å². The van der Waals surface area contributed by atoms with Gasteiger partial charge in [-0.2, -0.15) is 0 Å². The van der Waals surface area contributed by atoms with Gasteiger partial charge in [-0.15, -0.1) is 11.6 Å². The van der Waals surface area contributed by atoms with Gasteiger partial charge in [0.1, 0.15) is 0 Å². The van der Waals surface area contributed by atoms with Gasteiger partial charge in [-0.25, -0.2) is 0 Å². The number of nitrogens with one attached hydrogen (secondary N) is 1. The van der Waals surface area contributed by atoms with Crippen molar-refractivity contribution in [3.05, 3.63) is 33.8 Å². The molecule has 84 valence electrons. The molecular formula is C12H17BrClN. The Bertz CT molecular complexity index is 336. The molecule has 0 aromatic heterocycles. The lowest BCUT2D eigenvalue weighted by molar-refractivity contribution is 0.486. The first kappa shape index (κ1) is 13.0. The second kappa shape index (κ2) is 5.33. The molecule has 15 heavy (non-hydrogen) atoms. The summed E-state index contributed by atoms with van der Waals surface area (Å²) in [7, 11) is 0. The average molecular weight is 291 g/mol. The predicted molar refractivity (Wildman–Crippen MR) is 70.6 cm³/mol. The highest BCUT2D eigenvalue weighted by atomic mass is 79.9. The van der Waals surface area contributed by atoms with Gasteiger partial charge in [0.2, 0.25) is 0 Å². The molecule has 0 heterocycles. The van der Waals surface area contributed by atoms with Gasteiger partial charge in [-0.1, -0.05) is 35.8 Å². The fourth-order valence-electron chi connectivity index (χ4n) is 1.78. The third kappa shape index (κ3) is 3.47. The SMILES string of the molecule is Cc1ccc(Br)cc1C(C)(C)CNCCl. The number of alkyl halides is 1. The minimum atomic E-state index is 0.1000. The summed E-state index contributed by atoms with van der Waals surface area (Å²) >= 11 is 9.16. The highest BCUT2D eigenvalue weighted by molar-refractivity contribution is 9.10. The van der Waals surface area contributed by atoms with Crippen molar-refractivity contribution in [2.75, 3.05) is 12.5 Å². The zero-order chi connectivity index (χ0) is 11.5. The third-order valence-corrected chi connectivity index (χ3v) is 3.27. The summed E-state index contributed by atoms with van der Waals surface area (Å²) in [5.74, 6) is 0. The zero-order valence-electron chi connectivity index (χ0n) is 9.40. The summed E-state index contributed by atoms with van der Waals surface area (Å²) < 4.78 is 1.13. The Balaban J connectivity index is 2.97. The Morgan fingerprint density at radius 1 is 1.40 bits per heavy atom. The van der Waals surface area contributed by atoms with E-state index in [1.807, 2.05) is 0 Å². The van der Waals surface area contributed by atoms with Gasteiger partial charge in [0.25, 0.3) is 0 Å². The first-order chi connectivity index (χ1) is 6.97. The van der Waals surface area contributed by atoms with Crippen LogP contribution in [-0.2, 0) is 5.41 Å². The van der Waals surface area contributed by atoms with Gasteiger partial charge < -0.3 is 5.32 Å². The highest BCUT2D eigenvalue weighted by Crippen LogP contribution is 2.28.